The van der Waals surface area contributed by atoms with Gasteiger partial charge in [0.15, 0.2) is 0 Å². The fourth-order valence-electron chi connectivity index (χ4n) is 2.34. The first kappa shape index (κ1) is 12.3. The monoisotopic (exact) mass is 333 g/mol. The smallest absolute Gasteiger partial charge is 0.127 e. The molecular formula is C13H17FIN. The highest BCUT2D eigenvalue weighted by atomic mass is 127. The fraction of sp³-hybridized carbons (Fsp3) is 0.538. The van der Waals surface area contributed by atoms with Crippen molar-refractivity contribution in [3.8, 4) is 0 Å². The van der Waals surface area contributed by atoms with Crippen molar-refractivity contribution in [1.82, 2.24) is 4.90 Å². The highest BCUT2D eigenvalue weighted by Gasteiger charge is 2.17. The molecule has 1 unspecified atom stereocenters. The van der Waals surface area contributed by atoms with Crippen LogP contribution in [0.2, 0.25) is 0 Å². The van der Waals surface area contributed by atoms with Gasteiger partial charge in [0, 0.05) is 22.2 Å². The van der Waals surface area contributed by atoms with Gasteiger partial charge >= 0.3 is 0 Å². The average Bonchev–Trinajstić information content (AvgIpc) is 2.24. The molecule has 1 saturated heterocycles. The summed E-state index contributed by atoms with van der Waals surface area (Å²) in [5.41, 5.74) is 0.834. The van der Waals surface area contributed by atoms with Crippen molar-refractivity contribution in [2.24, 2.45) is 5.92 Å². The molecule has 1 aromatic rings. The number of piperidine rings is 1. The Morgan fingerprint density at radius 1 is 1.50 bits per heavy atom. The van der Waals surface area contributed by atoms with Crippen LogP contribution in [0.25, 0.3) is 0 Å². The van der Waals surface area contributed by atoms with Gasteiger partial charge in [0.25, 0.3) is 0 Å². The summed E-state index contributed by atoms with van der Waals surface area (Å²) in [5.74, 6) is 0.679. The van der Waals surface area contributed by atoms with Crippen molar-refractivity contribution in [1.29, 1.82) is 0 Å². The molecule has 0 saturated carbocycles. The largest absolute Gasteiger partial charge is 0.299 e. The predicted octanol–water partition coefficient (Wildman–Crippen LogP) is 3.66. The zero-order valence-electron chi connectivity index (χ0n) is 9.55. The van der Waals surface area contributed by atoms with Crippen molar-refractivity contribution in [2.75, 3.05) is 13.1 Å². The summed E-state index contributed by atoms with van der Waals surface area (Å²) < 4.78 is 14.7. The van der Waals surface area contributed by atoms with Crippen molar-refractivity contribution in [2.45, 2.75) is 26.3 Å². The van der Waals surface area contributed by atoms with Gasteiger partial charge in [0.2, 0.25) is 0 Å². The summed E-state index contributed by atoms with van der Waals surface area (Å²) in [6.07, 6.45) is 2.55. The van der Waals surface area contributed by atoms with E-state index in [0.717, 1.165) is 34.7 Å². The molecule has 0 aliphatic carbocycles. The molecule has 1 nitrogen and oxygen atoms in total. The van der Waals surface area contributed by atoms with Gasteiger partial charge in [-0.2, -0.15) is 0 Å². The van der Waals surface area contributed by atoms with E-state index in [2.05, 4.69) is 34.4 Å². The van der Waals surface area contributed by atoms with Gasteiger partial charge in [-0.1, -0.05) is 6.92 Å². The molecule has 0 bridgehead atoms. The van der Waals surface area contributed by atoms with Crippen LogP contribution in [0.4, 0.5) is 4.39 Å². The summed E-state index contributed by atoms with van der Waals surface area (Å²) in [6.45, 7) is 5.24. The first-order valence-electron chi connectivity index (χ1n) is 5.81. The van der Waals surface area contributed by atoms with Gasteiger partial charge < -0.3 is 0 Å². The number of likely N-dealkylation sites (tertiary alicyclic amines) is 1. The summed E-state index contributed by atoms with van der Waals surface area (Å²) in [7, 11) is 0. The standard InChI is InChI=1S/C13H17FIN/c1-10-3-2-6-16(8-10)9-11-7-12(15)4-5-13(11)14/h4-5,7,10H,2-3,6,8-9H2,1H3. The normalized spacial score (nSPS) is 22.3. The summed E-state index contributed by atoms with van der Waals surface area (Å²) in [5, 5.41) is 0. The van der Waals surface area contributed by atoms with E-state index in [1.54, 1.807) is 6.07 Å². The number of halogens is 2. The molecule has 1 aromatic carbocycles. The van der Waals surface area contributed by atoms with Gasteiger partial charge in [-0.25, -0.2) is 4.39 Å². The van der Waals surface area contributed by atoms with Crippen LogP contribution >= 0.6 is 22.6 Å². The molecule has 1 fully saturated rings. The highest BCUT2D eigenvalue weighted by Crippen LogP contribution is 2.20. The maximum atomic E-state index is 13.6. The lowest BCUT2D eigenvalue weighted by Gasteiger charge is -2.30. The fourth-order valence-corrected chi connectivity index (χ4v) is 2.89. The van der Waals surface area contributed by atoms with E-state index in [0.29, 0.717) is 0 Å². The third-order valence-electron chi connectivity index (χ3n) is 3.14. The van der Waals surface area contributed by atoms with Crippen LogP contribution in [0.3, 0.4) is 0 Å². The van der Waals surface area contributed by atoms with Gasteiger partial charge in [-0.3, -0.25) is 4.90 Å². The second-order valence-electron chi connectivity index (χ2n) is 4.72. The number of hydrogen-bond donors (Lipinski definition) is 0. The Bertz CT molecular complexity index is 367. The molecule has 0 radical (unpaired) electrons. The SMILES string of the molecule is CC1CCCN(Cc2cc(I)ccc2F)C1. The highest BCUT2D eigenvalue weighted by molar-refractivity contribution is 14.1. The summed E-state index contributed by atoms with van der Waals surface area (Å²) in [4.78, 5) is 2.36. The van der Waals surface area contributed by atoms with Gasteiger partial charge in [0.1, 0.15) is 5.82 Å². The third kappa shape index (κ3) is 3.17. The molecule has 1 aliphatic rings. The molecule has 1 heterocycles. The molecule has 2 rings (SSSR count). The maximum Gasteiger partial charge on any atom is 0.127 e. The van der Waals surface area contributed by atoms with Crippen LogP contribution < -0.4 is 0 Å². The second-order valence-corrected chi connectivity index (χ2v) is 5.96. The average molecular weight is 333 g/mol. The molecule has 0 aromatic heterocycles. The molecule has 3 heteroatoms. The Morgan fingerprint density at radius 3 is 3.06 bits per heavy atom. The predicted molar refractivity (Wildman–Crippen MR) is 72.8 cm³/mol. The number of nitrogens with zero attached hydrogens (tertiary/aromatic N) is 1. The zero-order valence-corrected chi connectivity index (χ0v) is 11.7. The van der Waals surface area contributed by atoms with Crippen LogP contribution in [0.15, 0.2) is 18.2 Å². The Labute approximate surface area is 110 Å². The number of rotatable bonds is 2. The summed E-state index contributed by atoms with van der Waals surface area (Å²) >= 11 is 2.24. The van der Waals surface area contributed by atoms with E-state index in [1.165, 1.54) is 12.8 Å². The lowest BCUT2D eigenvalue weighted by atomic mass is 10.00. The minimum absolute atomic E-state index is 0.0707. The quantitative estimate of drug-likeness (QED) is 0.747. The molecule has 0 N–H and O–H groups in total. The van der Waals surface area contributed by atoms with Crippen LogP contribution in [0.5, 0.6) is 0 Å². The zero-order chi connectivity index (χ0) is 11.5. The molecule has 1 aliphatic heterocycles. The van der Waals surface area contributed by atoms with E-state index < -0.39 is 0 Å². The molecule has 16 heavy (non-hydrogen) atoms. The molecule has 0 spiro atoms. The second kappa shape index (κ2) is 5.45. The van der Waals surface area contributed by atoms with Crippen LogP contribution in [-0.4, -0.2) is 18.0 Å². The van der Waals surface area contributed by atoms with Crippen LogP contribution in [-0.2, 0) is 6.54 Å². The first-order chi connectivity index (χ1) is 7.65. The minimum Gasteiger partial charge on any atom is -0.299 e. The summed E-state index contributed by atoms with van der Waals surface area (Å²) in [6, 6.07) is 5.35. The molecule has 88 valence electrons. The van der Waals surface area contributed by atoms with E-state index in [-0.39, 0.29) is 5.82 Å². The van der Waals surface area contributed by atoms with Crippen molar-refractivity contribution >= 4 is 22.6 Å². The molecule has 1 atom stereocenters. The first-order valence-corrected chi connectivity index (χ1v) is 6.89. The van der Waals surface area contributed by atoms with Gasteiger partial charge in [-0.15, -0.1) is 0 Å². The van der Waals surface area contributed by atoms with E-state index >= 15 is 0 Å². The number of hydrogen-bond acceptors (Lipinski definition) is 1. The Morgan fingerprint density at radius 2 is 2.31 bits per heavy atom. The number of benzene rings is 1. The molecule has 0 amide bonds. The minimum atomic E-state index is -0.0707. The maximum absolute atomic E-state index is 13.6. The van der Waals surface area contributed by atoms with E-state index in [1.807, 2.05) is 12.1 Å². The van der Waals surface area contributed by atoms with Crippen LogP contribution in [0, 0.1) is 15.3 Å². The lowest BCUT2D eigenvalue weighted by Crippen LogP contribution is -2.34. The topological polar surface area (TPSA) is 3.24 Å². The van der Waals surface area contributed by atoms with Gasteiger partial charge in [-0.05, 0) is 66.1 Å². The van der Waals surface area contributed by atoms with E-state index in [9.17, 15) is 4.39 Å². The van der Waals surface area contributed by atoms with Crippen molar-refractivity contribution < 1.29 is 4.39 Å². The van der Waals surface area contributed by atoms with Crippen LogP contribution in [0.1, 0.15) is 25.3 Å². The van der Waals surface area contributed by atoms with E-state index in [4.69, 9.17) is 0 Å². The molecular weight excluding hydrogens is 316 g/mol. The van der Waals surface area contributed by atoms with Crippen molar-refractivity contribution in [3.63, 3.8) is 0 Å². The third-order valence-corrected chi connectivity index (χ3v) is 3.81. The lowest BCUT2D eigenvalue weighted by molar-refractivity contribution is 0.175. The van der Waals surface area contributed by atoms with Crippen molar-refractivity contribution in [3.05, 3.63) is 33.1 Å². The Hall–Kier alpha value is -0.160. The Kier molecular flexibility index (Phi) is 4.19. The Balaban J connectivity index is 2.05. The van der Waals surface area contributed by atoms with Gasteiger partial charge in [0.05, 0.1) is 0 Å².